The number of rotatable bonds is 5. The molecule has 2 aromatic carbocycles. The normalized spacial score (nSPS) is 10.2. The molecule has 110 valence electrons. The molecule has 1 N–H and O–H groups in total. The van der Waals surface area contributed by atoms with Crippen LogP contribution >= 0.6 is 15.9 Å². The Hall–Kier alpha value is -1.81. The molecule has 0 atom stereocenters. The summed E-state index contributed by atoms with van der Waals surface area (Å²) in [4.78, 5) is 14.0. The number of nitrogens with zero attached hydrogens (tertiary/aromatic N) is 1. The molecular formula is C17H19BrN2O. The van der Waals surface area contributed by atoms with Gasteiger partial charge in [-0.3, -0.25) is 4.79 Å². The van der Waals surface area contributed by atoms with E-state index in [0.29, 0.717) is 13.0 Å². The molecule has 0 aliphatic rings. The molecule has 0 bridgehead atoms. The zero-order chi connectivity index (χ0) is 15.2. The predicted octanol–water partition coefficient (Wildman–Crippen LogP) is 3.37. The molecule has 0 saturated carbocycles. The summed E-state index contributed by atoms with van der Waals surface area (Å²) in [5.41, 5.74) is 3.27. The van der Waals surface area contributed by atoms with Crippen molar-refractivity contribution in [3.8, 4) is 0 Å². The van der Waals surface area contributed by atoms with Crippen LogP contribution in [0.4, 0.5) is 5.69 Å². The van der Waals surface area contributed by atoms with Crippen LogP contribution < -0.4 is 10.2 Å². The molecule has 2 rings (SSSR count). The summed E-state index contributed by atoms with van der Waals surface area (Å²) < 4.78 is 1.02. The van der Waals surface area contributed by atoms with E-state index in [-0.39, 0.29) is 5.91 Å². The van der Waals surface area contributed by atoms with E-state index in [1.54, 1.807) is 0 Å². The van der Waals surface area contributed by atoms with Gasteiger partial charge in [-0.1, -0.05) is 40.2 Å². The van der Waals surface area contributed by atoms with Crippen molar-refractivity contribution in [3.05, 3.63) is 64.1 Å². The quantitative estimate of drug-likeness (QED) is 0.899. The number of amides is 1. The van der Waals surface area contributed by atoms with Gasteiger partial charge in [-0.2, -0.15) is 0 Å². The minimum atomic E-state index is 0.0361. The van der Waals surface area contributed by atoms with E-state index >= 15 is 0 Å². The van der Waals surface area contributed by atoms with E-state index in [0.717, 1.165) is 21.3 Å². The van der Waals surface area contributed by atoms with Crippen LogP contribution in [0.25, 0.3) is 0 Å². The van der Waals surface area contributed by atoms with Gasteiger partial charge in [0.25, 0.3) is 0 Å². The number of anilines is 1. The number of carbonyl (C=O) groups is 1. The van der Waals surface area contributed by atoms with Crippen molar-refractivity contribution in [2.24, 2.45) is 0 Å². The van der Waals surface area contributed by atoms with Crippen LogP contribution in [-0.2, 0) is 17.8 Å². The first-order valence-electron chi connectivity index (χ1n) is 6.82. The van der Waals surface area contributed by atoms with Gasteiger partial charge >= 0.3 is 0 Å². The van der Waals surface area contributed by atoms with Gasteiger partial charge < -0.3 is 10.2 Å². The van der Waals surface area contributed by atoms with Crippen LogP contribution in [0, 0.1) is 0 Å². The smallest absolute Gasteiger partial charge is 0.224 e. The van der Waals surface area contributed by atoms with Gasteiger partial charge in [0.1, 0.15) is 0 Å². The standard InChI is InChI=1S/C17H19BrN2O/c1-20(2)16-9-5-14(6-10-16)12-19-17(21)11-13-3-7-15(18)8-4-13/h3-10H,11-12H2,1-2H3,(H,19,21). The maximum atomic E-state index is 11.9. The highest BCUT2D eigenvalue weighted by atomic mass is 79.9. The fraction of sp³-hybridized carbons (Fsp3) is 0.235. The second-order valence-corrected chi connectivity index (χ2v) is 6.06. The lowest BCUT2D eigenvalue weighted by molar-refractivity contribution is -0.120. The Morgan fingerprint density at radius 3 is 2.14 bits per heavy atom. The molecule has 0 aromatic heterocycles. The molecule has 21 heavy (non-hydrogen) atoms. The predicted molar refractivity (Wildman–Crippen MR) is 90.5 cm³/mol. The van der Waals surface area contributed by atoms with E-state index in [1.165, 1.54) is 0 Å². The van der Waals surface area contributed by atoms with E-state index in [9.17, 15) is 4.79 Å². The van der Waals surface area contributed by atoms with Crippen molar-refractivity contribution < 1.29 is 4.79 Å². The first-order valence-corrected chi connectivity index (χ1v) is 7.61. The second-order valence-electron chi connectivity index (χ2n) is 5.14. The summed E-state index contributed by atoms with van der Waals surface area (Å²) in [5.74, 6) is 0.0361. The Labute approximate surface area is 134 Å². The summed E-state index contributed by atoms with van der Waals surface area (Å²) >= 11 is 3.38. The molecule has 2 aromatic rings. The van der Waals surface area contributed by atoms with Crippen molar-refractivity contribution in [2.45, 2.75) is 13.0 Å². The van der Waals surface area contributed by atoms with Gasteiger partial charge in [-0.05, 0) is 35.4 Å². The summed E-state index contributed by atoms with van der Waals surface area (Å²) in [6.07, 6.45) is 0.406. The minimum absolute atomic E-state index is 0.0361. The monoisotopic (exact) mass is 346 g/mol. The van der Waals surface area contributed by atoms with Crippen LogP contribution in [0.15, 0.2) is 53.0 Å². The number of nitrogens with one attached hydrogen (secondary N) is 1. The van der Waals surface area contributed by atoms with Crippen LogP contribution in [0.2, 0.25) is 0 Å². The summed E-state index contributed by atoms with van der Waals surface area (Å²) in [6.45, 7) is 0.559. The lowest BCUT2D eigenvalue weighted by Crippen LogP contribution is -2.24. The first-order chi connectivity index (χ1) is 10.0. The number of hydrogen-bond acceptors (Lipinski definition) is 2. The largest absolute Gasteiger partial charge is 0.378 e. The van der Waals surface area contributed by atoms with Crippen molar-refractivity contribution in [1.29, 1.82) is 0 Å². The summed E-state index contributed by atoms with van der Waals surface area (Å²) in [5, 5.41) is 2.95. The molecule has 0 heterocycles. The average Bonchev–Trinajstić information content (AvgIpc) is 2.48. The molecular weight excluding hydrogens is 328 g/mol. The lowest BCUT2D eigenvalue weighted by Gasteiger charge is -2.13. The van der Waals surface area contributed by atoms with E-state index in [4.69, 9.17) is 0 Å². The molecule has 4 heteroatoms. The fourth-order valence-corrected chi connectivity index (χ4v) is 2.23. The maximum absolute atomic E-state index is 11.9. The van der Waals surface area contributed by atoms with Gasteiger partial charge in [-0.25, -0.2) is 0 Å². The van der Waals surface area contributed by atoms with Crippen molar-refractivity contribution in [3.63, 3.8) is 0 Å². The van der Waals surface area contributed by atoms with Crippen LogP contribution in [0.3, 0.4) is 0 Å². The lowest BCUT2D eigenvalue weighted by atomic mass is 10.1. The average molecular weight is 347 g/mol. The SMILES string of the molecule is CN(C)c1ccc(CNC(=O)Cc2ccc(Br)cc2)cc1. The Kier molecular flexibility index (Phi) is 5.39. The topological polar surface area (TPSA) is 32.3 Å². The second kappa shape index (κ2) is 7.27. The van der Waals surface area contributed by atoms with Crippen LogP contribution in [0.5, 0.6) is 0 Å². The third-order valence-electron chi connectivity index (χ3n) is 3.22. The van der Waals surface area contributed by atoms with Gasteiger partial charge in [0.05, 0.1) is 6.42 Å². The van der Waals surface area contributed by atoms with E-state index < -0.39 is 0 Å². The molecule has 0 saturated heterocycles. The third kappa shape index (κ3) is 4.90. The third-order valence-corrected chi connectivity index (χ3v) is 3.75. The molecule has 0 fully saturated rings. The molecule has 0 unspecified atom stereocenters. The van der Waals surface area contributed by atoms with Gasteiger partial charge in [0.15, 0.2) is 0 Å². The number of halogens is 1. The minimum Gasteiger partial charge on any atom is -0.378 e. The van der Waals surface area contributed by atoms with Crippen molar-refractivity contribution >= 4 is 27.5 Å². The number of hydrogen-bond donors (Lipinski definition) is 1. The molecule has 0 spiro atoms. The van der Waals surface area contributed by atoms with Crippen molar-refractivity contribution in [2.75, 3.05) is 19.0 Å². The highest BCUT2D eigenvalue weighted by Gasteiger charge is 2.03. The van der Waals surface area contributed by atoms with Gasteiger partial charge in [-0.15, -0.1) is 0 Å². The van der Waals surface area contributed by atoms with Crippen LogP contribution in [-0.4, -0.2) is 20.0 Å². The summed E-state index contributed by atoms with van der Waals surface area (Å²) in [7, 11) is 4.02. The zero-order valence-electron chi connectivity index (χ0n) is 12.3. The Balaban J connectivity index is 1.84. The highest BCUT2D eigenvalue weighted by Crippen LogP contribution is 2.13. The highest BCUT2D eigenvalue weighted by molar-refractivity contribution is 9.10. The maximum Gasteiger partial charge on any atom is 0.224 e. The Bertz CT molecular complexity index is 591. The molecule has 0 radical (unpaired) electrons. The molecule has 0 aliphatic carbocycles. The molecule has 0 aliphatic heterocycles. The van der Waals surface area contributed by atoms with E-state index in [2.05, 4.69) is 38.3 Å². The van der Waals surface area contributed by atoms with E-state index in [1.807, 2.05) is 50.5 Å². The Morgan fingerprint density at radius 1 is 1.00 bits per heavy atom. The summed E-state index contributed by atoms with van der Waals surface area (Å²) in [6, 6.07) is 16.0. The Morgan fingerprint density at radius 2 is 1.57 bits per heavy atom. The molecule has 1 amide bonds. The van der Waals surface area contributed by atoms with Gasteiger partial charge in [0.2, 0.25) is 5.91 Å². The molecule has 3 nitrogen and oxygen atoms in total. The van der Waals surface area contributed by atoms with Crippen LogP contribution in [0.1, 0.15) is 11.1 Å². The fourth-order valence-electron chi connectivity index (χ4n) is 1.96. The zero-order valence-corrected chi connectivity index (χ0v) is 13.9. The number of carbonyl (C=O) groups excluding carboxylic acids is 1. The van der Waals surface area contributed by atoms with Crippen molar-refractivity contribution in [1.82, 2.24) is 5.32 Å². The van der Waals surface area contributed by atoms with Gasteiger partial charge in [0, 0.05) is 30.8 Å². The number of benzene rings is 2. The first kappa shape index (κ1) is 15.6.